The van der Waals surface area contributed by atoms with E-state index in [4.69, 9.17) is 4.74 Å². The lowest BCUT2D eigenvalue weighted by Gasteiger charge is -2.14. The molecule has 1 fully saturated rings. The zero-order valence-electron chi connectivity index (χ0n) is 16.0. The van der Waals surface area contributed by atoms with Crippen LogP contribution in [0.3, 0.4) is 0 Å². The lowest BCUT2D eigenvalue weighted by atomic mass is 10.2. The molecule has 0 N–H and O–H groups in total. The Labute approximate surface area is 172 Å². The number of thioether (sulfide) groups is 1. The molecule has 0 amide bonds. The lowest BCUT2D eigenvalue weighted by Crippen LogP contribution is -2.17. The van der Waals surface area contributed by atoms with Gasteiger partial charge >= 0.3 is 0 Å². The van der Waals surface area contributed by atoms with E-state index in [1.54, 1.807) is 16.0 Å². The molecule has 1 atom stereocenters. The smallest absolute Gasteiger partial charge is 0.210 e. The van der Waals surface area contributed by atoms with Crippen molar-refractivity contribution >= 4 is 28.9 Å². The largest absolute Gasteiger partial charge is 0.376 e. The highest BCUT2D eigenvalue weighted by Crippen LogP contribution is 2.23. The molecule has 9 heteroatoms. The van der Waals surface area contributed by atoms with E-state index in [2.05, 4.69) is 26.2 Å². The quantitative estimate of drug-likeness (QED) is 0.413. The molecule has 1 aliphatic heterocycles. The van der Waals surface area contributed by atoms with E-state index >= 15 is 0 Å². The summed E-state index contributed by atoms with van der Waals surface area (Å²) in [5.74, 6) is 0.414. The number of tetrazole rings is 1. The summed E-state index contributed by atoms with van der Waals surface area (Å²) in [6, 6.07) is 6.05. The van der Waals surface area contributed by atoms with Crippen LogP contribution in [-0.2, 0) is 17.8 Å². The Kier molecular flexibility index (Phi) is 5.93. The molecule has 28 heavy (non-hydrogen) atoms. The summed E-state index contributed by atoms with van der Waals surface area (Å²) in [5.41, 5.74) is 2.89. The van der Waals surface area contributed by atoms with Crippen molar-refractivity contribution < 1.29 is 9.53 Å². The van der Waals surface area contributed by atoms with Crippen LogP contribution >= 0.6 is 23.1 Å². The standard InChI is InChI=1S/C19H23N5O2S2/c1-13-9-17(14(2)23(13)10-15-5-3-7-26-15)18(25)12-28-19-20-21-22-24(19)11-16-6-4-8-27-16/h4,6,8-9,15H,3,5,7,10-12H2,1-2H3/t15-/m1/s1. The predicted octanol–water partition coefficient (Wildman–Crippen LogP) is 3.36. The first-order valence-electron chi connectivity index (χ1n) is 9.34. The fourth-order valence-electron chi connectivity index (χ4n) is 3.51. The van der Waals surface area contributed by atoms with Crippen LogP contribution in [0.5, 0.6) is 0 Å². The highest BCUT2D eigenvalue weighted by atomic mass is 32.2. The van der Waals surface area contributed by atoms with Crippen LogP contribution in [0, 0.1) is 13.8 Å². The maximum Gasteiger partial charge on any atom is 0.210 e. The zero-order chi connectivity index (χ0) is 19.5. The van der Waals surface area contributed by atoms with E-state index in [0.717, 1.165) is 42.9 Å². The number of ether oxygens (including phenoxy) is 1. The van der Waals surface area contributed by atoms with Gasteiger partial charge in [-0.1, -0.05) is 17.8 Å². The summed E-state index contributed by atoms with van der Waals surface area (Å²) >= 11 is 3.05. The third kappa shape index (κ3) is 4.21. The molecular formula is C19H23N5O2S2. The van der Waals surface area contributed by atoms with Crippen LogP contribution in [0.2, 0.25) is 0 Å². The molecule has 3 aromatic rings. The Morgan fingerprint density at radius 2 is 2.32 bits per heavy atom. The van der Waals surface area contributed by atoms with E-state index in [1.165, 1.54) is 16.6 Å². The van der Waals surface area contributed by atoms with Gasteiger partial charge in [0, 0.05) is 35.0 Å². The number of nitrogens with zero attached hydrogens (tertiary/aromatic N) is 5. The van der Waals surface area contributed by atoms with Gasteiger partial charge in [0.25, 0.3) is 0 Å². The molecule has 0 saturated carbocycles. The molecule has 0 spiro atoms. The molecule has 4 rings (SSSR count). The summed E-state index contributed by atoms with van der Waals surface area (Å²) < 4.78 is 9.70. The molecule has 7 nitrogen and oxygen atoms in total. The van der Waals surface area contributed by atoms with E-state index < -0.39 is 0 Å². The molecular weight excluding hydrogens is 394 g/mol. The summed E-state index contributed by atoms with van der Waals surface area (Å²) in [6.45, 7) is 6.34. The second kappa shape index (κ2) is 8.59. The van der Waals surface area contributed by atoms with Crippen molar-refractivity contribution in [3.63, 3.8) is 0 Å². The number of carbonyl (C=O) groups excluding carboxylic acids is 1. The van der Waals surface area contributed by atoms with E-state index in [9.17, 15) is 4.79 Å². The van der Waals surface area contributed by atoms with E-state index in [1.807, 2.05) is 31.4 Å². The monoisotopic (exact) mass is 417 g/mol. The molecule has 1 saturated heterocycles. The molecule has 0 radical (unpaired) electrons. The molecule has 0 aliphatic carbocycles. The molecule has 0 bridgehead atoms. The summed E-state index contributed by atoms with van der Waals surface area (Å²) in [6.07, 6.45) is 2.46. The van der Waals surface area contributed by atoms with Gasteiger partial charge in [0.15, 0.2) is 5.78 Å². The second-order valence-electron chi connectivity index (χ2n) is 6.94. The van der Waals surface area contributed by atoms with Gasteiger partial charge in [0.05, 0.1) is 18.4 Å². The minimum atomic E-state index is 0.0994. The first-order chi connectivity index (χ1) is 13.6. The second-order valence-corrected chi connectivity index (χ2v) is 8.92. The lowest BCUT2D eigenvalue weighted by molar-refractivity contribution is 0.0957. The number of Topliss-reactive ketones (excluding diaryl/α,β-unsaturated/α-hetero) is 1. The van der Waals surface area contributed by atoms with Crippen molar-refractivity contribution in [3.8, 4) is 0 Å². The molecule has 0 unspecified atom stereocenters. The van der Waals surface area contributed by atoms with Gasteiger partial charge in [-0.3, -0.25) is 4.79 Å². The molecule has 148 valence electrons. The number of aromatic nitrogens is 5. The van der Waals surface area contributed by atoms with Crippen molar-refractivity contribution in [1.29, 1.82) is 0 Å². The average Bonchev–Trinajstić information content (AvgIpc) is 3.47. The highest BCUT2D eigenvalue weighted by Gasteiger charge is 2.21. The van der Waals surface area contributed by atoms with E-state index in [0.29, 0.717) is 17.5 Å². The molecule has 3 aromatic heterocycles. The van der Waals surface area contributed by atoms with Gasteiger partial charge < -0.3 is 9.30 Å². The summed E-state index contributed by atoms with van der Waals surface area (Å²) in [5, 5.41) is 14.6. The van der Waals surface area contributed by atoms with Gasteiger partial charge in [-0.05, 0) is 54.6 Å². The van der Waals surface area contributed by atoms with Crippen LogP contribution in [-0.4, -0.2) is 49.0 Å². The molecule has 1 aliphatic rings. The number of hydrogen-bond acceptors (Lipinski definition) is 7. The van der Waals surface area contributed by atoms with Crippen LogP contribution in [0.4, 0.5) is 0 Å². The SMILES string of the molecule is Cc1cc(C(=O)CSc2nnnn2Cc2cccs2)c(C)n1C[C@H]1CCCO1. The Hall–Kier alpha value is -1.97. The normalized spacial score (nSPS) is 16.7. The fraction of sp³-hybridized carbons (Fsp3) is 0.474. The Bertz CT molecular complexity index is 942. The van der Waals surface area contributed by atoms with Crippen LogP contribution in [0.1, 0.15) is 39.5 Å². The number of hydrogen-bond donors (Lipinski definition) is 0. The van der Waals surface area contributed by atoms with E-state index in [-0.39, 0.29) is 11.9 Å². The van der Waals surface area contributed by atoms with Gasteiger partial charge in [-0.25, -0.2) is 4.68 Å². The predicted molar refractivity (Wildman–Crippen MR) is 109 cm³/mol. The summed E-state index contributed by atoms with van der Waals surface area (Å²) in [4.78, 5) is 14.0. The van der Waals surface area contributed by atoms with Crippen molar-refractivity contribution in [3.05, 3.63) is 45.4 Å². The third-order valence-corrected chi connectivity index (χ3v) is 6.82. The Morgan fingerprint density at radius 3 is 3.07 bits per heavy atom. The number of aryl methyl sites for hydroxylation is 1. The Morgan fingerprint density at radius 1 is 1.43 bits per heavy atom. The third-order valence-electron chi connectivity index (χ3n) is 5.00. The van der Waals surface area contributed by atoms with Crippen molar-refractivity contribution in [1.82, 2.24) is 24.8 Å². The fourth-order valence-corrected chi connectivity index (χ4v) is 4.96. The minimum absolute atomic E-state index is 0.0994. The van der Waals surface area contributed by atoms with Gasteiger partial charge in [-0.15, -0.1) is 16.4 Å². The number of ketones is 1. The maximum atomic E-state index is 12.9. The topological polar surface area (TPSA) is 74.8 Å². The van der Waals surface area contributed by atoms with Crippen LogP contribution in [0.25, 0.3) is 0 Å². The van der Waals surface area contributed by atoms with Gasteiger partial charge in [0.1, 0.15) is 0 Å². The summed E-state index contributed by atoms with van der Waals surface area (Å²) in [7, 11) is 0. The van der Waals surface area contributed by atoms with Crippen molar-refractivity contribution in [2.24, 2.45) is 0 Å². The van der Waals surface area contributed by atoms with Gasteiger partial charge in [-0.2, -0.15) is 0 Å². The zero-order valence-corrected chi connectivity index (χ0v) is 17.6. The van der Waals surface area contributed by atoms with Crippen LogP contribution < -0.4 is 0 Å². The average molecular weight is 418 g/mol. The minimum Gasteiger partial charge on any atom is -0.376 e. The molecule has 0 aromatic carbocycles. The van der Waals surface area contributed by atoms with Crippen molar-refractivity contribution in [2.45, 2.75) is 51.0 Å². The molecule has 4 heterocycles. The van der Waals surface area contributed by atoms with Crippen LogP contribution in [0.15, 0.2) is 28.7 Å². The maximum absolute atomic E-state index is 12.9. The number of carbonyl (C=O) groups is 1. The Balaban J connectivity index is 1.41. The number of rotatable bonds is 8. The van der Waals surface area contributed by atoms with Crippen molar-refractivity contribution in [2.75, 3.05) is 12.4 Å². The van der Waals surface area contributed by atoms with Gasteiger partial charge in [0.2, 0.25) is 5.16 Å². The highest BCUT2D eigenvalue weighted by molar-refractivity contribution is 7.99. The first kappa shape index (κ1) is 19.4. The first-order valence-corrected chi connectivity index (χ1v) is 11.2. The number of thiophene rings is 1.